The van der Waals surface area contributed by atoms with Crippen molar-refractivity contribution in [1.29, 1.82) is 0 Å². The summed E-state index contributed by atoms with van der Waals surface area (Å²) in [6, 6.07) is 8.16. The highest BCUT2D eigenvalue weighted by molar-refractivity contribution is 5.94. The molecule has 6 nitrogen and oxygen atoms in total. The third-order valence-electron chi connectivity index (χ3n) is 3.74. The maximum absolute atomic E-state index is 11.7. The van der Waals surface area contributed by atoms with E-state index in [4.69, 9.17) is 0 Å². The van der Waals surface area contributed by atoms with Gasteiger partial charge in [0.1, 0.15) is 0 Å². The predicted molar refractivity (Wildman–Crippen MR) is 72.9 cm³/mol. The molecule has 0 unspecified atom stereocenters. The fourth-order valence-corrected chi connectivity index (χ4v) is 2.24. The largest absolute Gasteiger partial charge is 0.326 e. The van der Waals surface area contributed by atoms with Crippen molar-refractivity contribution in [1.82, 2.24) is 20.2 Å². The molecule has 1 amide bonds. The van der Waals surface area contributed by atoms with Crippen molar-refractivity contribution in [3.8, 4) is 11.4 Å². The van der Waals surface area contributed by atoms with Crippen molar-refractivity contribution in [2.45, 2.75) is 31.7 Å². The molecule has 4 rings (SSSR count). The third-order valence-corrected chi connectivity index (χ3v) is 3.74. The summed E-state index contributed by atoms with van der Waals surface area (Å²) in [5, 5.41) is 14.8. The van der Waals surface area contributed by atoms with Gasteiger partial charge in [0.2, 0.25) is 5.91 Å². The Kier molecular flexibility index (Phi) is 2.55. The Hall–Kier alpha value is -2.24. The number of benzene rings is 1. The molecule has 20 heavy (non-hydrogen) atoms. The van der Waals surface area contributed by atoms with Crippen LogP contribution < -0.4 is 5.32 Å². The Morgan fingerprint density at radius 2 is 1.90 bits per heavy atom. The van der Waals surface area contributed by atoms with Crippen LogP contribution in [-0.4, -0.2) is 26.1 Å². The Bertz CT molecular complexity index is 640. The lowest BCUT2D eigenvalue weighted by Crippen LogP contribution is -2.13. The molecule has 0 radical (unpaired) electrons. The number of carbonyl (C=O) groups excluding carboxylic acids is 1. The van der Waals surface area contributed by atoms with Crippen LogP contribution in [0.5, 0.6) is 0 Å². The Morgan fingerprint density at radius 1 is 1.15 bits per heavy atom. The van der Waals surface area contributed by atoms with E-state index >= 15 is 0 Å². The molecule has 102 valence electrons. The van der Waals surface area contributed by atoms with Gasteiger partial charge in [-0.2, -0.15) is 0 Å². The molecule has 1 heterocycles. The van der Waals surface area contributed by atoms with Gasteiger partial charge in [0.25, 0.3) is 0 Å². The highest BCUT2D eigenvalue weighted by Crippen LogP contribution is 2.36. The van der Waals surface area contributed by atoms with Crippen LogP contribution in [0.15, 0.2) is 24.3 Å². The average molecular weight is 269 g/mol. The van der Waals surface area contributed by atoms with E-state index in [2.05, 4.69) is 20.8 Å². The molecular formula is C14H15N5O. The number of nitrogens with zero attached hydrogens (tertiary/aromatic N) is 4. The fraction of sp³-hybridized carbons (Fsp3) is 0.429. The first-order valence-electron chi connectivity index (χ1n) is 7.00. The van der Waals surface area contributed by atoms with Gasteiger partial charge in [-0.1, -0.05) is 0 Å². The molecule has 0 saturated heterocycles. The topological polar surface area (TPSA) is 72.7 Å². The summed E-state index contributed by atoms with van der Waals surface area (Å²) in [7, 11) is 0. The summed E-state index contributed by atoms with van der Waals surface area (Å²) in [6.45, 7) is 0. The van der Waals surface area contributed by atoms with Crippen LogP contribution in [0.2, 0.25) is 0 Å². The van der Waals surface area contributed by atoms with E-state index in [1.165, 1.54) is 0 Å². The molecule has 0 aliphatic heterocycles. The van der Waals surface area contributed by atoms with E-state index in [1.807, 2.05) is 28.9 Å². The molecule has 6 heteroatoms. The number of tetrazole rings is 1. The molecule has 2 aliphatic rings. The molecule has 2 aromatic rings. The van der Waals surface area contributed by atoms with Gasteiger partial charge >= 0.3 is 0 Å². The van der Waals surface area contributed by atoms with E-state index in [0.717, 1.165) is 42.8 Å². The summed E-state index contributed by atoms with van der Waals surface area (Å²) < 4.78 is 1.89. The van der Waals surface area contributed by atoms with Crippen LogP contribution >= 0.6 is 0 Å². The van der Waals surface area contributed by atoms with Crippen molar-refractivity contribution in [3.63, 3.8) is 0 Å². The van der Waals surface area contributed by atoms with E-state index in [0.29, 0.717) is 6.04 Å². The summed E-state index contributed by atoms with van der Waals surface area (Å²) in [4.78, 5) is 11.7. The fourth-order valence-electron chi connectivity index (χ4n) is 2.24. The van der Waals surface area contributed by atoms with Crippen molar-refractivity contribution in [2.75, 3.05) is 5.32 Å². The maximum Gasteiger partial charge on any atom is 0.227 e. The number of anilines is 1. The lowest BCUT2D eigenvalue weighted by atomic mass is 10.2. The summed E-state index contributed by atoms with van der Waals surface area (Å²) in [5.74, 6) is 1.14. The second kappa shape index (κ2) is 4.40. The van der Waals surface area contributed by atoms with Gasteiger partial charge in [-0.25, -0.2) is 4.68 Å². The number of aromatic nitrogens is 4. The zero-order valence-corrected chi connectivity index (χ0v) is 11.0. The van der Waals surface area contributed by atoms with Crippen molar-refractivity contribution in [2.24, 2.45) is 5.92 Å². The van der Waals surface area contributed by atoms with Crippen LogP contribution in [0.4, 0.5) is 5.69 Å². The van der Waals surface area contributed by atoms with Crippen molar-refractivity contribution >= 4 is 11.6 Å². The number of amides is 1. The first-order valence-corrected chi connectivity index (χ1v) is 7.00. The van der Waals surface area contributed by atoms with Crippen molar-refractivity contribution < 1.29 is 4.79 Å². The zero-order chi connectivity index (χ0) is 13.5. The highest BCUT2D eigenvalue weighted by atomic mass is 16.2. The number of hydrogen-bond acceptors (Lipinski definition) is 4. The van der Waals surface area contributed by atoms with Gasteiger partial charge in [-0.15, -0.1) is 5.10 Å². The van der Waals surface area contributed by atoms with Crippen LogP contribution in [0.25, 0.3) is 11.4 Å². The smallest absolute Gasteiger partial charge is 0.227 e. The van der Waals surface area contributed by atoms with Gasteiger partial charge in [0.15, 0.2) is 5.82 Å². The van der Waals surface area contributed by atoms with E-state index < -0.39 is 0 Å². The minimum atomic E-state index is 0.126. The van der Waals surface area contributed by atoms with Gasteiger partial charge in [0.05, 0.1) is 6.04 Å². The Morgan fingerprint density at radius 3 is 2.55 bits per heavy atom. The zero-order valence-electron chi connectivity index (χ0n) is 11.0. The molecule has 1 N–H and O–H groups in total. The number of carbonyl (C=O) groups is 1. The predicted octanol–water partition coefficient (Wildman–Crippen LogP) is 2.02. The number of nitrogens with one attached hydrogen (secondary N) is 1. The van der Waals surface area contributed by atoms with E-state index in [9.17, 15) is 4.79 Å². The first kappa shape index (κ1) is 11.6. The molecule has 2 fully saturated rings. The lowest BCUT2D eigenvalue weighted by Gasteiger charge is -2.06. The Balaban J connectivity index is 1.54. The molecule has 0 bridgehead atoms. The van der Waals surface area contributed by atoms with E-state index in [1.54, 1.807) is 0 Å². The molecule has 1 aromatic carbocycles. The normalized spacial score (nSPS) is 18.0. The molecule has 0 atom stereocenters. The summed E-state index contributed by atoms with van der Waals surface area (Å²) >= 11 is 0. The van der Waals surface area contributed by atoms with Crippen LogP contribution in [0, 0.1) is 5.92 Å². The average Bonchev–Trinajstić information content (AvgIpc) is 3.38. The minimum absolute atomic E-state index is 0.126. The second-order valence-electron chi connectivity index (χ2n) is 5.52. The van der Waals surface area contributed by atoms with E-state index in [-0.39, 0.29) is 11.8 Å². The Labute approximate surface area is 116 Å². The lowest BCUT2D eigenvalue weighted by molar-refractivity contribution is -0.117. The monoisotopic (exact) mass is 269 g/mol. The molecule has 0 spiro atoms. The number of rotatable bonds is 4. The second-order valence-corrected chi connectivity index (χ2v) is 5.52. The van der Waals surface area contributed by atoms with Gasteiger partial charge in [-0.3, -0.25) is 4.79 Å². The SMILES string of the molecule is O=C(Nc1ccc(-c2nnnn2C2CC2)cc1)C1CC1. The van der Waals surface area contributed by atoms with Crippen LogP contribution in [0.3, 0.4) is 0 Å². The number of hydrogen-bond donors (Lipinski definition) is 1. The quantitative estimate of drug-likeness (QED) is 0.921. The maximum atomic E-state index is 11.7. The van der Waals surface area contributed by atoms with Crippen molar-refractivity contribution in [3.05, 3.63) is 24.3 Å². The molecular weight excluding hydrogens is 254 g/mol. The van der Waals surface area contributed by atoms with Crippen LogP contribution in [-0.2, 0) is 4.79 Å². The van der Waals surface area contributed by atoms with Crippen LogP contribution in [0.1, 0.15) is 31.7 Å². The molecule has 2 aliphatic carbocycles. The summed E-state index contributed by atoms with van der Waals surface area (Å²) in [5.41, 5.74) is 1.81. The van der Waals surface area contributed by atoms with Gasteiger partial charge < -0.3 is 5.32 Å². The highest BCUT2D eigenvalue weighted by Gasteiger charge is 2.30. The first-order chi connectivity index (χ1) is 9.81. The molecule has 1 aromatic heterocycles. The minimum Gasteiger partial charge on any atom is -0.326 e. The standard InChI is InChI=1S/C14H15N5O/c20-14(10-1-2-10)15-11-5-3-9(4-6-11)13-16-17-18-19(13)12-7-8-12/h3-6,10,12H,1-2,7-8H2,(H,15,20). The summed E-state index contributed by atoms with van der Waals surface area (Å²) in [6.07, 6.45) is 4.32. The van der Waals surface area contributed by atoms with Gasteiger partial charge in [0, 0.05) is 17.2 Å². The third kappa shape index (κ3) is 2.17. The van der Waals surface area contributed by atoms with Gasteiger partial charge in [-0.05, 0) is 60.4 Å². The molecule has 2 saturated carbocycles.